The average molecular weight is 313 g/mol. The minimum atomic E-state index is 0.0841. The van der Waals surface area contributed by atoms with Crippen LogP contribution in [0.4, 0.5) is 0 Å². The molecule has 0 amide bonds. The molecule has 2 N–H and O–H groups in total. The maximum atomic E-state index is 5.40. The number of nitrogens with zero attached hydrogens (tertiary/aromatic N) is 1. The van der Waals surface area contributed by atoms with E-state index in [4.69, 9.17) is 9.47 Å². The molecule has 0 spiro atoms. The van der Waals surface area contributed by atoms with Crippen molar-refractivity contribution in [3.8, 4) is 0 Å². The number of nitrogens with one attached hydrogen (secondary N) is 2. The lowest BCUT2D eigenvalue weighted by atomic mass is 9.91. The van der Waals surface area contributed by atoms with Gasteiger partial charge in [-0.15, -0.1) is 11.3 Å². The summed E-state index contributed by atoms with van der Waals surface area (Å²) in [6.45, 7) is 7.90. The van der Waals surface area contributed by atoms with Crippen LogP contribution in [0.2, 0.25) is 0 Å². The first-order valence-electron chi connectivity index (χ1n) is 7.15. The molecule has 1 aromatic heterocycles. The summed E-state index contributed by atoms with van der Waals surface area (Å²) >= 11 is 1.79. The van der Waals surface area contributed by atoms with Gasteiger partial charge in [0, 0.05) is 37.5 Å². The van der Waals surface area contributed by atoms with Crippen LogP contribution in [-0.2, 0) is 14.9 Å². The zero-order valence-corrected chi connectivity index (χ0v) is 14.3. The molecule has 0 radical (unpaired) electrons. The molecule has 0 aliphatic rings. The van der Waals surface area contributed by atoms with E-state index in [1.165, 1.54) is 4.88 Å². The third-order valence-corrected chi connectivity index (χ3v) is 4.32. The number of ether oxygens (including phenoxy) is 2. The molecule has 5 nitrogen and oxygen atoms in total. The highest BCUT2D eigenvalue weighted by Gasteiger charge is 2.21. The molecule has 21 heavy (non-hydrogen) atoms. The number of methoxy groups -OCH3 is 1. The topological polar surface area (TPSA) is 54.9 Å². The van der Waals surface area contributed by atoms with E-state index < -0.39 is 0 Å². The van der Waals surface area contributed by atoms with Gasteiger partial charge in [-0.3, -0.25) is 4.99 Å². The van der Waals surface area contributed by atoms with E-state index in [2.05, 4.69) is 47.0 Å². The fourth-order valence-electron chi connectivity index (χ4n) is 1.76. The zero-order chi connectivity index (χ0) is 15.6. The third-order valence-electron chi connectivity index (χ3n) is 3.08. The molecule has 0 saturated heterocycles. The van der Waals surface area contributed by atoms with Crippen molar-refractivity contribution in [3.05, 3.63) is 22.4 Å². The van der Waals surface area contributed by atoms with Crippen molar-refractivity contribution in [1.82, 2.24) is 10.6 Å². The summed E-state index contributed by atoms with van der Waals surface area (Å²) in [5.41, 5.74) is 0.0841. The standard InChI is InChI=1S/C15H27N3O2S/c1-15(2,13-6-5-11-21-13)12-18-14(16-3)17-7-8-20-10-9-19-4/h5-6,11H,7-10,12H2,1-4H3,(H2,16,17,18). The molecular formula is C15H27N3O2S. The van der Waals surface area contributed by atoms with Crippen LogP contribution in [0.3, 0.4) is 0 Å². The fourth-order valence-corrected chi connectivity index (χ4v) is 2.61. The van der Waals surface area contributed by atoms with Gasteiger partial charge in [0.25, 0.3) is 0 Å². The molecule has 0 aliphatic carbocycles. The van der Waals surface area contributed by atoms with Crippen LogP contribution in [0.5, 0.6) is 0 Å². The zero-order valence-electron chi connectivity index (χ0n) is 13.4. The van der Waals surface area contributed by atoms with Crippen LogP contribution in [-0.4, -0.2) is 53.0 Å². The number of rotatable bonds is 9. The van der Waals surface area contributed by atoms with E-state index in [0.29, 0.717) is 19.8 Å². The summed E-state index contributed by atoms with van der Waals surface area (Å²) in [6, 6.07) is 4.26. The van der Waals surface area contributed by atoms with Crippen LogP contribution in [0, 0.1) is 0 Å². The maximum absolute atomic E-state index is 5.40. The number of hydrogen-bond acceptors (Lipinski definition) is 4. The molecule has 1 heterocycles. The molecule has 1 aromatic rings. The van der Waals surface area contributed by atoms with Gasteiger partial charge in [0.15, 0.2) is 5.96 Å². The predicted octanol–water partition coefficient (Wildman–Crippen LogP) is 1.85. The van der Waals surface area contributed by atoms with Crippen molar-refractivity contribution < 1.29 is 9.47 Å². The molecular weight excluding hydrogens is 286 g/mol. The van der Waals surface area contributed by atoms with Gasteiger partial charge in [0.1, 0.15) is 0 Å². The smallest absolute Gasteiger partial charge is 0.191 e. The second-order valence-electron chi connectivity index (χ2n) is 5.32. The SMILES string of the molecule is CN=C(NCCOCCOC)NCC(C)(C)c1cccs1. The Bertz CT molecular complexity index is 405. The molecule has 0 aromatic carbocycles. The van der Waals surface area contributed by atoms with Gasteiger partial charge < -0.3 is 20.1 Å². The van der Waals surface area contributed by atoms with E-state index >= 15 is 0 Å². The van der Waals surface area contributed by atoms with E-state index in [9.17, 15) is 0 Å². The van der Waals surface area contributed by atoms with Crippen molar-refractivity contribution in [3.63, 3.8) is 0 Å². The first kappa shape index (κ1) is 17.9. The monoisotopic (exact) mass is 313 g/mol. The summed E-state index contributed by atoms with van der Waals surface area (Å²) in [7, 11) is 3.45. The molecule has 0 atom stereocenters. The summed E-state index contributed by atoms with van der Waals surface area (Å²) in [5, 5.41) is 8.72. The van der Waals surface area contributed by atoms with E-state index in [0.717, 1.165) is 19.0 Å². The van der Waals surface area contributed by atoms with Crippen molar-refractivity contribution in [1.29, 1.82) is 0 Å². The molecule has 0 unspecified atom stereocenters. The highest BCUT2D eigenvalue weighted by molar-refractivity contribution is 7.10. The minimum Gasteiger partial charge on any atom is -0.382 e. The first-order valence-corrected chi connectivity index (χ1v) is 8.03. The molecule has 6 heteroatoms. The molecule has 0 bridgehead atoms. The Morgan fingerprint density at radius 2 is 2.10 bits per heavy atom. The van der Waals surface area contributed by atoms with Crippen LogP contribution in [0.1, 0.15) is 18.7 Å². The van der Waals surface area contributed by atoms with Crippen LogP contribution in [0.15, 0.2) is 22.5 Å². The number of guanidine groups is 1. The lowest BCUT2D eigenvalue weighted by Crippen LogP contribution is -2.44. The van der Waals surface area contributed by atoms with Gasteiger partial charge in [-0.05, 0) is 11.4 Å². The lowest BCUT2D eigenvalue weighted by Gasteiger charge is -2.25. The first-order chi connectivity index (χ1) is 10.1. The normalized spacial score (nSPS) is 12.5. The number of aliphatic imine (C=N–C) groups is 1. The van der Waals surface area contributed by atoms with Crippen LogP contribution in [0.25, 0.3) is 0 Å². The van der Waals surface area contributed by atoms with Gasteiger partial charge >= 0.3 is 0 Å². The number of thiophene rings is 1. The Morgan fingerprint density at radius 3 is 2.71 bits per heavy atom. The fraction of sp³-hybridized carbons (Fsp3) is 0.667. The van der Waals surface area contributed by atoms with Gasteiger partial charge in [0.2, 0.25) is 0 Å². The van der Waals surface area contributed by atoms with Crippen molar-refractivity contribution in [2.75, 3.05) is 47.1 Å². The van der Waals surface area contributed by atoms with Gasteiger partial charge in [-0.25, -0.2) is 0 Å². The Labute approximate surface area is 131 Å². The molecule has 0 aliphatic heterocycles. The summed E-state index contributed by atoms with van der Waals surface area (Å²) in [4.78, 5) is 5.59. The lowest BCUT2D eigenvalue weighted by molar-refractivity contribution is 0.0733. The Balaban J connectivity index is 2.25. The predicted molar refractivity (Wildman–Crippen MR) is 89.4 cm³/mol. The van der Waals surface area contributed by atoms with Crippen LogP contribution < -0.4 is 10.6 Å². The molecule has 120 valence electrons. The minimum absolute atomic E-state index is 0.0841. The van der Waals surface area contributed by atoms with Crippen molar-refractivity contribution in [2.45, 2.75) is 19.3 Å². The average Bonchev–Trinajstić information content (AvgIpc) is 3.01. The second-order valence-corrected chi connectivity index (χ2v) is 6.27. The third kappa shape index (κ3) is 6.93. The van der Waals surface area contributed by atoms with E-state index in [1.54, 1.807) is 25.5 Å². The number of hydrogen-bond donors (Lipinski definition) is 2. The molecule has 0 saturated carbocycles. The largest absolute Gasteiger partial charge is 0.382 e. The molecule has 0 fully saturated rings. The summed E-state index contributed by atoms with van der Waals surface area (Å²) in [6.07, 6.45) is 0. The highest BCUT2D eigenvalue weighted by atomic mass is 32.1. The van der Waals surface area contributed by atoms with Crippen molar-refractivity contribution >= 4 is 17.3 Å². The van der Waals surface area contributed by atoms with Crippen LogP contribution >= 0.6 is 11.3 Å². The van der Waals surface area contributed by atoms with E-state index in [1.807, 2.05) is 0 Å². The van der Waals surface area contributed by atoms with Gasteiger partial charge in [-0.2, -0.15) is 0 Å². The highest BCUT2D eigenvalue weighted by Crippen LogP contribution is 2.26. The summed E-state index contributed by atoms with van der Waals surface area (Å²) < 4.78 is 10.3. The molecule has 1 rings (SSSR count). The maximum Gasteiger partial charge on any atom is 0.191 e. The summed E-state index contributed by atoms with van der Waals surface area (Å²) in [5.74, 6) is 0.801. The van der Waals surface area contributed by atoms with Gasteiger partial charge in [0.05, 0.1) is 19.8 Å². The Hall–Kier alpha value is -1.11. The van der Waals surface area contributed by atoms with Gasteiger partial charge in [-0.1, -0.05) is 19.9 Å². The second kappa shape index (κ2) is 9.76. The van der Waals surface area contributed by atoms with Crippen molar-refractivity contribution in [2.24, 2.45) is 4.99 Å². The Morgan fingerprint density at radius 1 is 1.29 bits per heavy atom. The quantitative estimate of drug-likeness (QED) is 0.415. The van der Waals surface area contributed by atoms with E-state index in [-0.39, 0.29) is 5.41 Å². The Kier molecular flexibility index (Phi) is 8.34.